The summed E-state index contributed by atoms with van der Waals surface area (Å²) in [6, 6.07) is 14.0. The molecule has 1 aromatic heterocycles. The number of fused-ring (bicyclic) bond motifs is 1. The SMILES string of the molecule is Cc1ccc2nc(N3CCC(C(=O)NCc4ccccc4Cl)CC3)sc2c1. The Kier molecular flexibility index (Phi) is 5.32. The molecule has 0 unspecified atom stereocenters. The molecule has 0 saturated carbocycles. The van der Waals surface area contributed by atoms with Gasteiger partial charge in [-0.2, -0.15) is 0 Å². The summed E-state index contributed by atoms with van der Waals surface area (Å²) in [6.07, 6.45) is 1.70. The van der Waals surface area contributed by atoms with Gasteiger partial charge in [-0.3, -0.25) is 4.79 Å². The summed E-state index contributed by atoms with van der Waals surface area (Å²) < 4.78 is 1.23. The lowest BCUT2D eigenvalue weighted by atomic mass is 9.96. The van der Waals surface area contributed by atoms with E-state index in [0.29, 0.717) is 11.6 Å². The molecular formula is C21H22ClN3OS. The fraction of sp³-hybridized carbons (Fsp3) is 0.333. The van der Waals surface area contributed by atoms with Gasteiger partial charge in [-0.1, -0.05) is 47.2 Å². The summed E-state index contributed by atoms with van der Waals surface area (Å²) in [5, 5.41) is 4.79. The number of carbonyl (C=O) groups is 1. The zero-order valence-electron chi connectivity index (χ0n) is 15.2. The number of hydrogen-bond acceptors (Lipinski definition) is 4. The highest BCUT2D eigenvalue weighted by molar-refractivity contribution is 7.22. The predicted octanol–water partition coefficient (Wildman–Crippen LogP) is 4.79. The molecule has 4 nitrogen and oxygen atoms in total. The second kappa shape index (κ2) is 7.87. The number of piperidine rings is 1. The van der Waals surface area contributed by atoms with Crippen molar-refractivity contribution in [3.05, 3.63) is 58.6 Å². The molecule has 1 N–H and O–H groups in total. The highest BCUT2D eigenvalue weighted by Gasteiger charge is 2.26. The number of anilines is 1. The standard InChI is InChI=1S/C21H22ClN3OS/c1-14-6-7-18-19(12-14)27-21(24-18)25-10-8-15(9-11-25)20(26)23-13-16-4-2-3-5-17(16)22/h2-7,12,15H,8-11,13H2,1H3,(H,23,26). The Morgan fingerprint density at radius 1 is 1.26 bits per heavy atom. The van der Waals surface area contributed by atoms with Gasteiger partial charge in [0.25, 0.3) is 0 Å². The largest absolute Gasteiger partial charge is 0.352 e. The highest BCUT2D eigenvalue weighted by atomic mass is 35.5. The number of aromatic nitrogens is 1. The molecule has 0 radical (unpaired) electrons. The van der Waals surface area contributed by atoms with Crippen LogP contribution in [0, 0.1) is 12.8 Å². The van der Waals surface area contributed by atoms with Gasteiger partial charge in [0.05, 0.1) is 10.2 Å². The van der Waals surface area contributed by atoms with Crippen molar-refractivity contribution >= 4 is 44.2 Å². The van der Waals surface area contributed by atoms with E-state index in [1.807, 2.05) is 24.3 Å². The van der Waals surface area contributed by atoms with Crippen molar-refractivity contribution < 1.29 is 4.79 Å². The molecule has 2 heterocycles. The lowest BCUT2D eigenvalue weighted by molar-refractivity contribution is -0.125. The van der Waals surface area contributed by atoms with Crippen LogP contribution in [0.5, 0.6) is 0 Å². The van der Waals surface area contributed by atoms with Crippen LogP contribution in [0.1, 0.15) is 24.0 Å². The van der Waals surface area contributed by atoms with Crippen molar-refractivity contribution in [1.29, 1.82) is 0 Å². The second-order valence-corrected chi connectivity index (χ2v) is 8.45. The monoisotopic (exact) mass is 399 g/mol. The van der Waals surface area contributed by atoms with Gasteiger partial charge in [0, 0.05) is 30.6 Å². The molecule has 2 aromatic carbocycles. The van der Waals surface area contributed by atoms with Crippen molar-refractivity contribution in [3.8, 4) is 0 Å². The van der Waals surface area contributed by atoms with E-state index in [1.54, 1.807) is 11.3 Å². The van der Waals surface area contributed by atoms with Gasteiger partial charge < -0.3 is 10.2 Å². The maximum absolute atomic E-state index is 12.5. The Morgan fingerprint density at radius 3 is 2.81 bits per heavy atom. The fourth-order valence-electron chi connectivity index (χ4n) is 3.46. The van der Waals surface area contributed by atoms with Gasteiger partial charge in [0.2, 0.25) is 5.91 Å². The number of benzene rings is 2. The van der Waals surface area contributed by atoms with E-state index >= 15 is 0 Å². The van der Waals surface area contributed by atoms with Crippen LogP contribution in [0.3, 0.4) is 0 Å². The molecule has 0 spiro atoms. The first kappa shape index (κ1) is 18.3. The number of halogens is 1. The highest BCUT2D eigenvalue weighted by Crippen LogP contribution is 2.32. The van der Waals surface area contributed by atoms with Gasteiger partial charge in [-0.15, -0.1) is 0 Å². The molecule has 1 amide bonds. The topological polar surface area (TPSA) is 45.2 Å². The first-order valence-corrected chi connectivity index (χ1v) is 10.4. The number of nitrogens with zero attached hydrogens (tertiary/aromatic N) is 2. The summed E-state index contributed by atoms with van der Waals surface area (Å²) >= 11 is 7.90. The van der Waals surface area contributed by atoms with Crippen LogP contribution in [0.15, 0.2) is 42.5 Å². The predicted molar refractivity (Wildman–Crippen MR) is 113 cm³/mol. The summed E-state index contributed by atoms with van der Waals surface area (Å²) in [5.74, 6) is 0.176. The Hall–Kier alpha value is -2.11. The average molecular weight is 400 g/mol. The summed E-state index contributed by atoms with van der Waals surface area (Å²) in [5.41, 5.74) is 3.27. The van der Waals surface area contributed by atoms with E-state index in [0.717, 1.165) is 42.1 Å². The smallest absolute Gasteiger partial charge is 0.223 e. The van der Waals surface area contributed by atoms with Crippen molar-refractivity contribution in [3.63, 3.8) is 0 Å². The molecule has 1 fully saturated rings. The normalized spacial score (nSPS) is 15.3. The lowest BCUT2D eigenvalue weighted by Crippen LogP contribution is -2.40. The molecule has 6 heteroatoms. The minimum Gasteiger partial charge on any atom is -0.352 e. The van der Waals surface area contributed by atoms with E-state index in [-0.39, 0.29) is 11.8 Å². The van der Waals surface area contributed by atoms with E-state index in [1.165, 1.54) is 10.3 Å². The number of rotatable bonds is 4. The van der Waals surface area contributed by atoms with Crippen LogP contribution in [0.4, 0.5) is 5.13 Å². The molecule has 1 saturated heterocycles. The number of aryl methyl sites for hydroxylation is 1. The van der Waals surface area contributed by atoms with E-state index in [9.17, 15) is 4.79 Å². The number of hydrogen-bond donors (Lipinski definition) is 1. The average Bonchev–Trinajstić information content (AvgIpc) is 3.10. The summed E-state index contributed by atoms with van der Waals surface area (Å²) in [6.45, 7) is 4.31. The van der Waals surface area contributed by atoms with Crippen molar-refractivity contribution in [1.82, 2.24) is 10.3 Å². The fourth-order valence-corrected chi connectivity index (χ4v) is 4.77. The number of thiazole rings is 1. The third kappa shape index (κ3) is 4.09. The maximum atomic E-state index is 12.5. The number of carbonyl (C=O) groups excluding carboxylic acids is 1. The quantitative estimate of drug-likeness (QED) is 0.685. The lowest BCUT2D eigenvalue weighted by Gasteiger charge is -2.31. The minimum atomic E-state index is 0.0559. The van der Waals surface area contributed by atoms with Crippen LogP contribution < -0.4 is 10.2 Å². The maximum Gasteiger partial charge on any atom is 0.223 e. The van der Waals surface area contributed by atoms with Crippen LogP contribution in [-0.4, -0.2) is 24.0 Å². The van der Waals surface area contributed by atoms with E-state index in [2.05, 4.69) is 35.3 Å². The third-order valence-electron chi connectivity index (χ3n) is 5.08. The van der Waals surface area contributed by atoms with Gasteiger partial charge >= 0.3 is 0 Å². The molecular weight excluding hydrogens is 378 g/mol. The van der Waals surface area contributed by atoms with Crippen LogP contribution >= 0.6 is 22.9 Å². The van der Waals surface area contributed by atoms with Gasteiger partial charge in [0.15, 0.2) is 5.13 Å². The molecule has 27 heavy (non-hydrogen) atoms. The van der Waals surface area contributed by atoms with Gasteiger partial charge in [-0.05, 0) is 49.1 Å². The zero-order valence-corrected chi connectivity index (χ0v) is 16.8. The van der Waals surface area contributed by atoms with Crippen molar-refractivity contribution in [2.75, 3.05) is 18.0 Å². The summed E-state index contributed by atoms with van der Waals surface area (Å²) in [4.78, 5) is 19.6. The number of amides is 1. The van der Waals surface area contributed by atoms with Crippen molar-refractivity contribution in [2.24, 2.45) is 5.92 Å². The van der Waals surface area contributed by atoms with Crippen LogP contribution in [-0.2, 0) is 11.3 Å². The Balaban J connectivity index is 1.34. The summed E-state index contributed by atoms with van der Waals surface area (Å²) in [7, 11) is 0. The molecule has 0 aliphatic carbocycles. The Morgan fingerprint density at radius 2 is 2.04 bits per heavy atom. The molecule has 1 aliphatic heterocycles. The number of nitrogens with one attached hydrogen (secondary N) is 1. The molecule has 140 valence electrons. The first-order chi connectivity index (χ1) is 13.1. The van der Waals surface area contributed by atoms with Crippen molar-refractivity contribution in [2.45, 2.75) is 26.3 Å². The zero-order chi connectivity index (χ0) is 18.8. The first-order valence-electron chi connectivity index (χ1n) is 9.23. The van der Waals surface area contributed by atoms with E-state index in [4.69, 9.17) is 16.6 Å². The Labute approximate surface area is 168 Å². The second-order valence-electron chi connectivity index (χ2n) is 7.04. The molecule has 0 bridgehead atoms. The van der Waals surface area contributed by atoms with Gasteiger partial charge in [-0.25, -0.2) is 4.98 Å². The molecule has 1 aliphatic rings. The minimum absolute atomic E-state index is 0.0559. The Bertz CT molecular complexity index is 963. The van der Waals surface area contributed by atoms with Crippen LogP contribution in [0.25, 0.3) is 10.2 Å². The molecule has 3 aromatic rings. The third-order valence-corrected chi connectivity index (χ3v) is 6.53. The van der Waals surface area contributed by atoms with E-state index < -0.39 is 0 Å². The van der Waals surface area contributed by atoms with Gasteiger partial charge in [0.1, 0.15) is 0 Å². The molecule has 0 atom stereocenters. The molecule has 4 rings (SSSR count). The van der Waals surface area contributed by atoms with Crippen LogP contribution in [0.2, 0.25) is 5.02 Å².